The Bertz CT molecular complexity index is 1510. The van der Waals surface area contributed by atoms with Gasteiger partial charge in [0.15, 0.2) is 6.61 Å². The molecule has 1 amide bonds. The lowest BCUT2D eigenvalue weighted by Crippen LogP contribution is -2.21. The molecule has 38 heavy (non-hydrogen) atoms. The molecule has 0 aliphatic carbocycles. The van der Waals surface area contributed by atoms with Crippen molar-refractivity contribution in [3.8, 4) is 29.0 Å². The average Bonchev–Trinajstić information content (AvgIpc) is 3.50. The van der Waals surface area contributed by atoms with Crippen LogP contribution in [-0.4, -0.2) is 39.9 Å². The highest BCUT2D eigenvalue weighted by Gasteiger charge is 2.17. The van der Waals surface area contributed by atoms with E-state index < -0.39 is 18.5 Å². The van der Waals surface area contributed by atoms with Crippen LogP contribution >= 0.6 is 0 Å². The van der Waals surface area contributed by atoms with Gasteiger partial charge in [-0.25, -0.2) is 4.79 Å². The van der Waals surface area contributed by atoms with Crippen LogP contribution in [-0.2, 0) is 14.3 Å². The number of aryl methyl sites for hydroxylation is 1. The second-order valence-corrected chi connectivity index (χ2v) is 8.16. The van der Waals surface area contributed by atoms with Crippen LogP contribution in [0.2, 0.25) is 0 Å². The molecule has 0 bridgehead atoms. The van der Waals surface area contributed by atoms with E-state index in [9.17, 15) is 14.9 Å². The highest BCUT2D eigenvalue weighted by molar-refractivity contribution is 6.00. The van der Waals surface area contributed by atoms with Gasteiger partial charge in [-0.1, -0.05) is 23.3 Å². The van der Waals surface area contributed by atoms with E-state index in [4.69, 9.17) is 13.9 Å². The van der Waals surface area contributed by atoms with Gasteiger partial charge < -0.3 is 18.5 Å². The maximum atomic E-state index is 12.5. The number of esters is 1. The fraction of sp³-hybridized carbons (Fsp3) is 0.179. The number of hydrogen-bond acceptors (Lipinski definition) is 8. The second kappa shape index (κ2) is 11.7. The number of aromatic nitrogens is 3. The number of amides is 1. The SMILES string of the molecule is CCOc1ccc(-n2c(C)cc(/C=C(/C#N)C(=O)OCC(=O)Nc3nnc(-c4ccccc4)o3)c2C)cc1. The van der Waals surface area contributed by atoms with Crippen LogP contribution in [0.3, 0.4) is 0 Å². The van der Waals surface area contributed by atoms with E-state index >= 15 is 0 Å². The zero-order chi connectivity index (χ0) is 27.1. The number of rotatable bonds is 9. The molecule has 2 aromatic carbocycles. The molecule has 0 unspecified atom stereocenters. The summed E-state index contributed by atoms with van der Waals surface area (Å²) in [6.45, 7) is 5.68. The first kappa shape index (κ1) is 25.9. The van der Waals surface area contributed by atoms with E-state index in [1.807, 2.05) is 79.9 Å². The molecule has 0 saturated heterocycles. The molecule has 10 heteroatoms. The van der Waals surface area contributed by atoms with E-state index in [0.717, 1.165) is 22.8 Å². The Morgan fingerprint density at radius 1 is 1.11 bits per heavy atom. The van der Waals surface area contributed by atoms with E-state index in [1.165, 1.54) is 6.08 Å². The predicted molar refractivity (Wildman–Crippen MR) is 139 cm³/mol. The van der Waals surface area contributed by atoms with Gasteiger partial charge in [0, 0.05) is 22.6 Å². The van der Waals surface area contributed by atoms with Crippen molar-refractivity contribution in [1.29, 1.82) is 5.26 Å². The summed E-state index contributed by atoms with van der Waals surface area (Å²) in [7, 11) is 0. The third-order valence-electron chi connectivity index (χ3n) is 5.54. The normalized spacial score (nSPS) is 11.1. The topological polar surface area (TPSA) is 132 Å². The van der Waals surface area contributed by atoms with Crippen LogP contribution in [0.5, 0.6) is 5.75 Å². The van der Waals surface area contributed by atoms with Gasteiger partial charge in [-0.15, -0.1) is 5.10 Å². The summed E-state index contributed by atoms with van der Waals surface area (Å²) in [6.07, 6.45) is 1.44. The van der Waals surface area contributed by atoms with Gasteiger partial charge in [0.1, 0.15) is 17.4 Å². The van der Waals surface area contributed by atoms with Crippen LogP contribution < -0.4 is 10.1 Å². The zero-order valence-electron chi connectivity index (χ0n) is 21.1. The summed E-state index contributed by atoms with van der Waals surface area (Å²) in [5.74, 6) is -0.611. The van der Waals surface area contributed by atoms with Crippen LogP contribution in [0.4, 0.5) is 6.01 Å². The quantitative estimate of drug-likeness (QED) is 0.195. The smallest absolute Gasteiger partial charge is 0.349 e. The standard InChI is InChI=1S/C28H25N5O5/c1-4-36-24-12-10-23(11-13-24)33-18(2)14-21(19(33)3)15-22(16-29)27(35)37-17-25(34)30-28-32-31-26(38-28)20-8-6-5-7-9-20/h5-15H,4,17H2,1-3H3,(H,30,32,34)/b22-15-. The first-order valence-corrected chi connectivity index (χ1v) is 11.8. The molecule has 1 N–H and O–H groups in total. The van der Waals surface area contributed by atoms with Crippen molar-refractivity contribution in [2.75, 3.05) is 18.5 Å². The zero-order valence-corrected chi connectivity index (χ0v) is 21.1. The molecular formula is C28H25N5O5. The number of nitriles is 1. The Morgan fingerprint density at radius 2 is 1.84 bits per heavy atom. The van der Waals surface area contributed by atoms with Crippen molar-refractivity contribution in [1.82, 2.24) is 14.8 Å². The summed E-state index contributed by atoms with van der Waals surface area (Å²) >= 11 is 0. The van der Waals surface area contributed by atoms with Crippen LogP contribution in [0.1, 0.15) is 23.9 Å². The Labute approximate surface area is 219 Å². The molecule has 10 nitrogen and oxygen atoms in total. The molecule has 2 aromatic heterocycles. The van der Waals surface area contributed by atoms with Crippen molar-refractivity contribution < 1.29 is 23.5 Å². The Kier molecular flexibility index (Phi) is 7.98. The third-order valence-corrected chi connectivity index (χ3v) is 5.54. The molecule has 192 valence electrons. The highest BCUT2D eigenvalue weighted by Crippen LogP contribution is 2.25. The fourth-order valence-electron chi connectivity index (χ4n) is 3.82. The van der Waals surface area contributed by atoms with E-state index in [-0.39, 0.29) is 17.5 Å². The molecule has 0 aliphatic rings. The number of anilines is 1. The molecule has 0 saturated carbocycles. The maximum absolute atomic E-state index is 12.5. The summed E-state index contributed by atoms with van der Waals surface area (Å²) < 4.78 is 18.0. The van der Waals surface area contributed by atoms with Gasteiger partial charge in [-0.05, 0) is 74.9 Å². The van der Waals surface area contributed by atoms with Crippen molar-refractivity contribution >= 4 is 24.0 Å². The molecular weight excluding hydrogens is 486 g/mol. The van der Waals surface area contributed by atoms with Crippen molar-refractivity contribution in [3.05, 3.63) is 83.2 Å². The molecule has 0 radical (unpaired) electrons. The minimum Gasteiger partial charge on any atom is -0.494 e. The number of carbonyl (C=O) groups excluding carboxylic acids is 2. The number of ether oxygens (including phenoxy) is 2. The van der Waals surface area contributed by atoms with Crippen molar-refractivity contribution in [2.24, 2.45) is 0 Å². The number of nitrogens with zero attached hydrogens (tertiary/aromatic N) is 4. The van der Waals surface area contributed by atoms with E-state index in [1.54, 1.807) is 12.1 Å². The molecule has 4 rings (SSSR count). The van der Waals surface area contributed by atoms with Gasteiger partial charge in [0.25, 0.3) is 5.91 Å². The molecule has 0 spiro atoms. The molecule has 4 aromatic rings. The van der Waals surface area contributed by atoms with Crippen molar-refractivity contribution in [2.45, 2.75) is 20.8 Å². The number of benzene rings is 2. The molecule has 0 atom stereocenters. The number of carbonyl (C=O) groups is 2. The Morgan fingerprint density at radius 3 is 2.53 bits per heavy atom. The largest absolute Gasteiger partial charge is 0.494 e. The van der Waals surface area contributed by atoms with E-state index in [0.29, 0.717) is 17.7 Å². The van der Waals surface area contributed by atoms with Gasteiger partial charge in [-0.3, -0.25) is 10.1 Å². The molecule has 2 heterocycles. The Balaban J connectivity index is 1.40. The van der Waals surface area contributed by atoms with E-state index in [2.05, 4.69) is 15.5 Å². The summed E-state index contributed by atoms with van der Waals surface area (Å²) in [5.41, 5.74) is 3.78. The summed E-state index contributed by atoms with van der Waals surface area (Å²) in [6, 6.07) is 20.3. The minimum absolute atomic E-state index is 0.136. The first-order valence-electron chi connectivity index (χ1n) is 11.8. The third kappa shape index (κ3) is 5.96. The van der Waals surface area contributed by atoms with Crippen LogP contribution in [0.15, 0.2) is 70.7 Å². The second-order valence-electron chi connectivity index (χ2n) is 8.16. The molecule has 0 aliphatic heterocycles. The average molecular weight is 512 g/mol. The Hall–Kier alpha value is -5.17. The predicted octanol–water partition coefficient (Wildman–Crippen LogP) is 4.63. The highest BCUT2D eigenvalue weighted by atomic mass is 16.5. The van der Waals surface area contributed by atoms with Gasteiger partial charge in [-0.2, -0.15) is 5.26 Å². The number of nitrogens with one attached hydrogen (secondary N) is 1. The van der Waals surface area contributed by atoms with Gasteiger partial charge in [0.2, 0.25) is 5.89 Å². The lowest BCUT2D eigenvalue weighted by Gasteiger charge is -2.11. The first-order chi connectivity index (χ1) is 18.4. The van der Waals surface area contributed by atoms with Crippen LogP contribution in [0, 0.1) is 25.2 Å². The minimum atomic E-state index is -0.927. The van der Waals surface area contributed by atoms with Crippen molar-refractivity contribution in [3.63, 3.8) is 0 Å². The monoisotopic (exact) mass is 511 g/mol. The lowest BCUT2D eigenvalue weighted by atomic mass is 10.1. The van der Waals surface area contributed by atoms with Gasteiger partial charge in [0.05, 0.1) is 6.61 Å². The summed E-state index contributed by atoms with van der Waals surface area (Å²) in [4.78, 5) is 24.8. The fourth-order valence-corrected chi connectivity index (χ4v) is 3.82. The number of hydrogen-bond donors (Lipinski definition) is 1. The summed E-state index contributed by atoms with van der Waals surface area (Å²) in [5, 5.41) is 19.6. The van der Waals surface area contributed by atoms with Crippen LogP contribution in [0.25, 0.3) is 23.2 Å². The van der Waals surface area contributed by atoms with Gasteiger partial charge >= 0.3 is 12.0 Å². The lowest BCUT2D eigenvalue weighted by molar-refractivity contribution is -0.142. The molecule has 0 fully saturated rings. The maximum Gasteiger partial charge on any atom is 0.349 e.